The Morgan fingerprint density at radius 3 is 2.47 bits per heavy atom. The Hall–Kier alpha value is -3.35. The Bertz CT molecular complexity index is 1190. The number of carbonyl (C=O) groups excluding carboxylic acids is 1. The van der Waals surface area contributed by atoms with Crippen molar-refractivity contribution >= 4 is 40.7 Å². The van der Waals surface area contributed by atoms with Gasteiger partial charge in [0.05, 0.1) is 20.5 Å². The van der Waals surface area contributed by atoms with Gasteiger partial charge in [-0.3, -0.25) is 14.9 Å². The van der Waals surface area contributed by atoms with Crippen LogP contribution in [0.2, 0.25) is 10.0 Å². The molecule has 4 rings (SSSR count). The number of nitro groups is 1. The van der Waals surface area contributed by atoms with Crippen molar-refractivity contribution in [1.82, 2.24) is 0 Å². The van der Waals surface area contributed by atoms with Crippen LogP contribution in [0.4, 0.5) is 5.69 Å². The number of halogens is 2. The Morgan fingerprint density at radius 2 is 1.77 bits per heavy atom. The van der Waals surface area contributed by atoms with Crippen molar-refractivity contribution in [3.63, 3.8) is 0 Å². The van der Waals surface area contributed by atoms with Gasteiger partial charge in [-0.15, -0.1) is 0 Å². The molecule has 0 amide bonds. The second-order valence-corrected chi connectivity index (χ2v) is 7.30. The fraction of sp³-hybridized carbons (Fsp3) is 0.0455. The van der Waals surface area contributed by atoms with E-state index in [1.807, 2.05) is 6.07 Å². The molecule has 8 heteroatoms. The lowest BCUT2D eigenvalue weighted by molar-refractivity contribution is -0.384. The van der Waals surface area contributed by atoms with Crippen molar-refractivity contribution in [2.45, 2.75) is 6.61 Å². The molecule has 0 unspecified atom stereocenters. The average molecular weight is 442 g/mol. The van der Waals surface area contributed by atoms with Gasteiger partial charge in [0.15, 0.2) is 5.76 Å². The number of hydrogen-bond donors (Lipinski definition) is 0. The van der Waals surface area contributed by atoms with Crippen LogP contribution in [0.25, 0.3) is 6.08 Å². The lowest BCUT2D eigenvalue weighted by Gasteiger charge is -2.08. The molecule has 1 heterocycles. The van der Waals surface area contributed by atoms with Gasteiger partial charge in [0.2, 0.25) is 5.78 Å². The largest absolute Gasteiger partial charge is 0.489 e. The standard InChI is InChI=1S/C22H13Cl2NO5/c23-18-8-3-14(9-19(18)24)12-29-16-6-7-17-20(11-16)30-21(22(17)26)10-13-1-4-15(5-2-13)25(27)28/h1-11H,12H2. The quantitative estimate of drug-likeness (QED) is 0.271. The molecule has 1 aliphatic heterocycles. The number of ketones is 1. The molecular weight excluding hydrogens is 429 g/mol. The van der Waals surface area contributed by atoms with Gasteiger partial charge in [-0.05, 0) is 53.6 Å². The fourth-order valence-electron chi connectivity index (χ4n) is 2.90. The Morgan fingerprint density at radius 1 is 1.00 bits per heavy atom. The highest BCUT2D eigenvalue weighted by atomic mass is 35.5. The van der Waals surface area contributed by atoms with Crippen LogP contribution in [0.3, 0.4) is 0 Å². The Kier molecular flexibility index (Phi) is 5.44. The van der Waals surface area contributed by atoms with Gasteiger partial charge in [-0.25, -0.2) is 0 Å². The highest BCUT2D eigenvalue weighted by Crippen LogP contribution is 2.35. The molecule has 0 bridgehead atoms. The fourth-order valence-corrected chi connectivity index (χ4v) is 3.22. The first-order valence-electron chi connectivity index (χ1n) is 8.80. The Balaban J connectivity index is 1.49. The molecule has 0 fully saturated rings. The van der Waals surface area contributed by atoms with E-state index in [-0.39, 0.29) is 23.8 Å². The molecule has 0 atom stereocenters. The van der Waals surface area contributed by atoms with E-state index in [2.05, 4.69) is 0 Å². The maximum absolute atomic E-state index is 12.6. The molecule has 3 aromatic carbocycles. The molecule has 0 aromatic heterocycles. The first kappa shape index (κ1) is 19.9. The summed E-state index contributed by atoms with van der Waals surface area (Å²) in [6.45, 7) is 0.273. The number of ether oxygens (including phenoxy) is 2. The molecular formula is C22H13Cl2NO5. The van der Waals surface area contributed by atoms with Gasteiger partial charge >= 0.3 is 0 Å². The molecule has 0 spiro atoms. The highest BCUT2D eigenvalue weighted by Gasteiger charge is 2.27. The molecule has 30 heavy (non-hydrogen) atoms. The minimum atomic E-state index is -0.483. The first-order valence-corrected chi connectivity index (χ1v) is 9.56. The topological polar surface area (TPSA) is 78.7 Å². The van der Waals surface area contributed by atoms with Crippen molar-refractivity contribution in [2.75, 3.05) is 0 Å². The molecule has 1 aliphatic rings. The predicted octanol–water partition coefficient (Wildman–Crippen LogP) is 6.10. The SMILES string of the molecule is O=C1C(=Cc2ccc([N+](=O)[O-])cc2)Oc2cc(OCc3ccc(Cl)c(Cl)c3)ccc21. The number of nitro benzene ring substituents is 1. The summed E-state index contributed by atoms with van der Waals surface area (Å²) in [5, 5.41) is 11.7. The van der Waals surface area contributed by atoms with Gasteiger partial charge in [0, 0.05) is 18.2 Å². The van der Waals surface area contributed by atoms with E-state index in [1.165, 1.54) is 12.1 Å². The zero-order valence-electron chi connectivity index (χ0n) is 15.3. The van der Waals surface area contributed by atoms with Crippen molar-refractivity contribution in [3.8, 4) is 11.5 Å². The molecule has 0 aliphatic carbocycles. The summed E-state index contributed by atoms with van der Waals surface area (Å²) in [5.74, 6) is 0.795. The van der Waals surface area contributed by atoms with Crippen LogP contribution < -0.4 is 9.47 Å². The number of hydrogen-bond acceptors (Lipinski definition) is 5. The van der Waals surface area contributed by atoms with Gasteiger partial charge in [0.25, 0.3) is 5.69 Å². The van der Waals surface area contributed by atoms with Crippen LogP contribution in [-0.4, -0.2) is 10.7 Å². The van der Waals surface area contributed by atoms with Gasteiger partial charge in [0.1, 0.15) is 18.1 Å². The smallest absolute Gasteiger partial charge is 0.269 e. The second-order valence-electron chi connectivity index (χ2n) is 6.48. The van der Waals surface area contributed by atoms with Crippen LogP contribution in [0, 0.1) is 10.1 Å². The second kappa shape index (κ2) is 8.18. The van der Waals surface area contributed by atoms with Crippen LogP contribution in [-0.2, 0) is 6.61 Å². The number of carbonyl (C=O) groups is 1. The van der Waals surface area contributed by atoms with Crippen LogP contribution in [0.15, 0.2) is 66.4 Å². The molecule has 0 radical (unpaired) electrons. The first-order chi connectivity index (χ1) is 14.4. The normalized spacial score (nSPS) is 13.8. The summed E-state index contributed by atoms with van der Waals surface area (Å²) < 4.78 is 11.4. The van der Waals surface area contributed by atoms with E-state index in [0.29, 0.717) is 32.7 Å². The minimum absolute atomic E-state index is 0.0251. The van der Waals surface area contributed by atoms with E-state index in [4.69, 9.17) is 32.7 Å². The van der Waals surface area contributed by atoms with E-state index in [1.54, 1.807) is 48.5 Å². The lowest BCUT2D eigenvalue weighted by Crippen LogP contribution is -1.98. The highest BCUT2D eigenvalue weighted by molar-refractivity contribution is 6.42. The maximum Gasteiger partial charge on any atom is 0.269 e. The number of nitrogens with zero attached hydrogens (tertiary/aromatic N) is 1. The number of allylic oxidation sites excluding steroid dienone is 1. The number of benzene rings is 3. The number of fused-ring (bicyclic) bond motifs is 1. The van der Waals surface area contributed by atoms with E-state index in [9.17, 15) is 14.9 Å². The van der Waals surface area contributed by atoms with Crippen molar-refractivity contribution in [3.05, 3.63) is 103 Å². The molecule has 0 saturated carbocycles. The van der Waals surface area contributed by atoms with Crippen LogP contribution in [0.5, 0.6) is 11.5 Å². The summed E-state index contributed by atoms with van der Waals surface area (Å²) in [4.78, 5) is 22.8. The third kappa shape index (κ3) is 4.15. The maximum atomic E-state index is 12.6. The molecule has 3 aromatic rings. The molecule has 150 valence electrons. The van der Waals surface area contributed by atoms with Gasteiger partial charge in [-0.2, -0.15) is 0 Å². The summed E-state index contributed by atoms with van der Waals surface area (Å²) in [5.41, 5.74) is 1.86. The van der Waals surface area contributed by atoms with Crippen LogP contribution >= 0.6 is 23.2 Å². The molecule has 0 N–H and O–H groups in total. The summed E-state index contributed by atoms with van der Waals surface area (Å²) >= 11 is 11.9. The van der Waals surface area contributed by atoms with E-state index >= 15 is 0 Å². The van der Waals surface area contributed by atoms with Crippen molar-refractivity contribution in [1.29, 1.82) is 0 Å². The minimum Gasteiger partial charge on any atom is -0.489 e. The van der Waals surface area contributed by atoms with E-state index < -0.39 is 4.92 Å². The summed E-state index contributed by atoms with van der Waals surface area (Å²) in [6.07, 6.45) is 1.54. The van der Waals surface area contributed by atoms with Gasteiger partial charge < -0.3 is 9.47 Å². The van der Waals surface area contributed by atoms with E-state index in [0.717, 1.165) is 5.56 Å². The lowest BCUT2D eigenvalue weighted by atomic mass is 10.1. The van der Waals surface area contributed by atoms with Crippen molar-refractivity contribution in [2.24, 2.45) is 0 Å². The van der Waals surface area contributed by atoms with Gasteiger partial charge in [-0.1, -0.05) is 29.3 Å². The predicted molar refractivity (Wildman–Crippen MR) is 113 cm³/mol. The number of Topliss-reactive ketones (excluding diaryl/α,β-unsaturated/α-hetero) is 1. The number of rotatable bonds is 5. The molecule has 6 nitrogen and oxygen atoms in total. The summed E-state index contributed by atoms with van der Waals surface area (Å²) in [6, 6.07) is 16.0. The average Bonchev–Trinajstić information content (AvgIpc) is 3.04. The monoisotopic (exact) mass is 441 g/mol. The molecule has 0 saturated heterocycles. The number of non-ortho nitro benzene ring substituents is 1. The van der Waals surface area contributed by atoms with Crippen molar-refractivity contribution < 1.29 is 19.2 Å². The summed E-state index contributed by atoms with van der Waals surface area (Å²) in [7, 11) is 0. The zero-order chi connectivity index (χ0) is 21.3. The third-order valence-electron chi connectivity index (χ3n) is 4.43. The third-order valence-corrected chi connectivity index (χ3v) is 5.17. The Labute approximate surface area is 181 Å². The van der Waals surface area contributed by atoms with Crippen LogP contribution in [0.1, 0.15) is 21.5 Å². The zero-order valence-corrected chi connectivity index (χ0v) is 16.8.